The zero-order valence-electron chi connectivity index (χ0n) is 11.8. The monoisotopic (exact) mass is 297 g/mol. The van der Waals surface area contributed by atoms with Crippen LogP contribution in [0.2, 0.25) is 0 Å². The zero-order chi connectivity index (χ0) is 14.9. The highest BCUT2D eigenvalue weighted by Gasteiger charge is 2.40. The van der Waals surface area contributed by atoms with Crippen LogP contribution in [0.1, 0.15) is 22.2 Å². The van der Waals surface area contributed by atoms with Gasteiger partial charge in [0, 0.05) is 12.6 Å². The maximum atomic E-state index is 12.4. The molecule has 3 heterocycles. The Hall–Kier alpha value is -2.44. The lowest BCUT2D eigenvalue weighted by Crippen LogP contribution is -2.55. The topological polar surface area (TPSA) is 58.8 Å². The van der Waals surface area contributed by atoms with Gasteiger partial charge in [0.1, 0.15) is 12.8 Å². The lowest BCUT2D eigenvalue weighted by atomic mass is 9.96. The minimum atomic E-state index is -0.311. The Labute approximate surface area is 127 Å². The summed E-state index contributed by atoms with van der Waals surface area (Å²) < 4.78 is 4.92. The number of rotatable bonds is 2. The van der Waals surface area contributed by atoms with E-state index in [4.69, 9.17) is 9.36 Å². The molecule has 112 valence electrons. The van der Waals surface area contributed by atoms with Crippen LogP contribution in [0.4, 0.5) is 0 Å². The smallest absolute Gasteiger partial charge is 0.317 e. The Balaban J connectivity index is 1.59. The highest BCUT2D eigenvalue weighted by atomic mass is 16.7. The fourth-order valence-electron chi connectivity index (χ4n) is 2.95. The lowest BCUT2D eigenvalue weighted by molar-refractivity contribution is -0.233. The number of carbonyl (C=O) groups excluding carboxylic acids is 1. The van der Waals surface area contributed by atoms with Crippen LogP contribution in [-0.2, 0) is 4.84 Å². The predicted octanol–water partition coefficient (Wildman–Crippen LogP) is 2.00. The number of carbonyl (C=O) groups is 1. The third-order valence-electron chi connectivity index (χ3n) is 3.95. The molecular formula is C16H15N3O3. The quantitative estimate of drug-likeness (QED) is 0.794. The molecule has 22 heavy (non-hydrogen) atoms. The molecule has 2 aliphatic rings. The minimum absolute atomic E-state index is 0.116. The van der Waals surface area contributed by atoms with Crippen LogP contribution in [0.25, 0.3) is 0 Å². The molecule has 3 unspecified atom stereocenters. The molecule has 0 N–H and O–H groups in total. The molecule has 1 amide bonds. The number of aromatic nitrogens is 1. The minimum Gasteiger partial charge on any atom is -0.351 e. The van der Waals surface area contributed by atoms with E-state index in [1.807, 2.05) is 24.3 Å². The highest BCUT2D eigenvalue weighted by molar-refractivity contribution is 5.90. The van der Waals surface area contributed by atoms with Crippen LogP contribution < -0.4 is 0 Å². The average Bonchev–Trinajstić information content (AvgIpc) is 3.08. The lowest BCUT2D eigenvalue weighted by Gasteiger charge is -2.46. The maximum Gasteiger partial charge on any atom is 0.317 e. The van der Waals surface area contributed by atoms with Crippen LogP contribution in [0.5, 0.6) is 0 Å². The number of fused-ring (bicyclic) bond motifs is 2. The molecule has 2 bridgehead atoms. The van der Waals surface area contributed by atoms with Gasteiger partial charge >= 0.3 is 5.91 Å². The normalized spacial score (nSPS) is 26.9. The van der Waals surface area contributed by atoms with Crippen LogP contribution in [0.3, 0.4) is 0 Å². The molecule has 1 fully saturated rings. The van der Waals surface area contributed by atoms with Gasteiger partial charge in [-0.1, -0.05) is 47.6 Å². The third kappa shape index (κ3) is 2.22. The van der Waals surface area contributed by atoms with Crippen molar-refractivity contribution in [3.8, 4) is 0 Å². The van der Waals surface area contributed by atoms with Crippen LogP contribution in [0, 0.1) is 0 Å². The van der Waals surface area contributed by atoms with E-state index in [-0.39, 0.29) is 23.8 Å². The predicted molar refractivity (Wildman–Crippen MR) is 77.4 cm³/mol. The summed E-state index contributed by atoms with van der Waals surface area (Å²) >= 11 is 0. The van der Waals surface area contributed by atoms with E-state index >= 15 is 0 Å². The van der Waals surface area contributed by atoms with Gasteiger partial charge in [0.2, 0.25) is 5.76 Å². The summed E-state index contributed by atoms with van der Waals surface area (Å²) in [5.74, 6) is -0.129. The third-order valence-corrected chi connectivity index (χ3v) is 3.95. The number of amides is 1. The molecule has 0 spiro atoms. The van der Waals surface area contributed by atoms with E-state index in [9.17, 15) is 4.79 Å². The summed E-state index contributed by atoms with van der Waals surface area (Å²) in [6.45, 7) is 1.17. The molecule has 3 atom stereocenters. The molecule has 1 aromatic heterocycles. The first-order chi connectivity index (χ1) is 10.8. The van der Waals surface area contributed by atoms with Crippen molar-refractivity contribution in [2.75, 3.05) is 13.2 Å². The van der Waals surface area contributed by atoms with Crippen LogP contribution in [-0.4, -0.2) is 40.3 Å². The van der Waals surface area contributed by atoms with Crippen molar-refractivity contribution < 1.29 is 14.2 Å². The van der Waals surface area contributed by atoms with Gasteiger partial charge in [0.05, 0.1) is 12.2 Å². The first-order valence-corrected chi connectivity index (χ1v) is 7.18. The highest BCUT2D eigenvalue weighted by Crippen LogP contribution is 2.34. The summed E-state index contributed by atoms with van der Waals surface area (Å²) in [5, 5.41) is 4.91. The summed E-state index contributed by atoms with van der Waals surface area (Å²) in [4.78, 5) is 20.4. The molecule has 6 heteroatoms. The second kappa shape index (κ2) is 5.40. The molecule has 4 rings (SSSR count). The van der Waals surface area contributed by atoms with Gasteiger partial charge in [-0.05, 0) is 5.56 Å². The summed E-state index contributed by atoms with van der Waals surface area (Å²) in [5.41, 5.74) is 1.18. The molecule has 1 aromatic carbocycles. The van der Waals surface area contributed by atoms with E-state index in [1.165, 1.54) is 22.9 Å². The zero-order valence-corrected chi connectivity index (χ0v) is 11.8. The SMILES string of the molecule is O=C(c1ccno1)N1CN2CC=CC(O1)C2c1ccccc1. The fourth-order valence-corrected chi connectivity index (χ4v) is 2.95. The van der Waals surface area contributed by atoms with E-state index < -0.39 is 0 Å². The van der Waals surface area contributed by atoms with E-state index in [0.717, 1.165) is 6.54 Å². The van der Waals surface area contributed by atoms with Gasteiger partial charge in [-0.15, -0.1) is 0 Å². The molecule has 1 saturated heterocycles. The Kier molecular flexibility index (Phi) is 3.25. The number of hydroxylamine groups is 2. The first kappa shape index (κ1) is 13.2. The van der Waals surface area contributed by atoms with Crippen molar-refractivity contribution in [1.29, 1.82) is 0 Å². The van der Waals surface area contributed by atoms with Gasteiger partial charge in [0.25, 0.3) is 0 Å². The standard InChI is InChI=1S/C16H15N3O3/c20-16(14-8-9-17-21-14)19-11-18-10-4-7-13(22-19)15(18)12-5-2-1-3-6-12/h1-9,13,15H,10-11H2. The van der Waals surface area contributed by atoms with Crippen LogP contribution >= 0.6 is 0 Å². The van der Waals surface area contributed by atoms with Crippen molar-refractivity contribution in [2.45, 2.75) is 12.1 Å². The largest absolute Gasteiger partial charge is 0.351 e. The number of nitrogens with zero attached hydrogens (tertiary/aromatic N) is 3. The van der Waals surface area contributed by atoms with Crippen molar-refractivity contribution in [3.05, 3.63) is 66.1 Å². The van der Waals surface area contributed by atoms with Crippen molar-refractivity contribution >= 4 is 5.91 Å². The number of benzene rings is 1. The van der Waals surface area contributed by atoms with Gasteiger partial charge in [-0.25, -0.2) is 0 Å². The average molecular weight is 297 g/mol. The molecule has 0 aliphatic carbocycles. The Morgan fingerprint density at radius 1 is 1.23 bits per heavy atom. The fraction of sp³-hybridized carbons (Fsp3) is 0.250. The number of hydrogen-bond donors (Lipinski definition) is 0. The molecule has 2 aliphatic heterocycles. The molecular weight excluding hydrogens is 282 g/mol. The Morgan fingerprint density at radius 3 is 2.82 bits per heavy atom. The van der Waals surface area contributed by atoms with Crippen LogP contribution in [0.15, 0.2) is 59.3 Å². The van der Waals surface area contributed by atoms with Crippen molar-refractivity contribution in [1.82, 2.24) is 15.1 Å². The molecule has 2 aromatic rings. The molecule has 6 nitrogen and oxygen atoms in total. The first-order valence-electron chi connectivity index (χ1n) is 7.18. The van der Waals surface area contributed by atoms with Gasteiger partial charge in [-0.3, -0.25) is 14.5 Å². The van der Waals surface area contributed by atoms with E-state index in [0.29, 0.717) is 6.67 Å². The Morgan fingerprint density at radius 2 is 2.09 bits per heavy atom. The van der Waals surface area contributed by atoms with E-state index in [1.54, 1.807) is 0 Å². The Bertz CT molecular complexity index is 684. The number of hydrogen-bond acceptors (Lipinski definition) is 5. The van der Waals surface area contributed by atoms with Gasteiger partial charge in [-0.2, -0.15) is 5.06 Å². The van der Waals surface area contributed by atoms with Gasteiger partial charge < -0.3 is 4.52 Å². The molecule has 0 saturated carbocycles. The summed E-state index contributed by atoms with van der Waals surface area (Å²) in [6.07, 6.45) is 5.33. The van der Waals surface area contributed by atoms with E-state index in [2.05, 4.69) is 28.3 Å². The van der Waals surface area contributed by atoms with Crippen molar-refractivity contribution in [2.24, 2.45) is 0 Å². The maximum absolute atomic E-state index is 12.4. The summed E-state index contributed by atoms with van der Waals surface area (Å²) in [7, 11) is 0. The second-order valence-corrected chi connectivity index (χ2v) is 5.33. The summed E-state index contributed by atoms with van der Waals surface area (Å²) in [6, 6.07) is 11.8. The second-order valence-electron chi connectivity index (χ2n) is 5.33. The van der Waals surface area contributed by atoms with Gasteiger partial charge in [0.15, 0.2) is 0 Å². The van der Waals surface area contributed by atoms with Crippen molar-refractivity contribution in [3.63, 3.8) is 0 Å². The molecule has 0 radical (unpaired) electrons.